The number of hydrogen-bond donors (Lipinski definition) is 0. The van der Waals surface area contributed by atoms with Crippen LogP contribution in [-0.4, -0.2) is 8.76 Å². The Morgan fingerprint density at radius 2 is 2.09 bits per heavy atom. The Morgan fingerprint density at radius 3 is 2.27 bits per heavy atom. The minimum absolute atomic E-state index is 0. The molecule has 1 aromatic heterocycles. The monoisotopic (exact) mass is 198 g/mol. The van der Waals surface area contributed by atoms with E-state index < -0.39 is 11.1 Å². The van der Waals surface area contributed by atoms with Gasteiger partial charge in [0.2, 0.25) is 0 Å². The van der Waals surface area contributed by atoms with Crippen LogP contribution >= 0.6 is 11.3 Å². The van der Waals surface area contributed by atoms with Crippen molar-refractivity contribution in [3.63, 3.8) is 0 Å². The number of rotatable bonds is 1. The average Bonchev–Trinajstić information content (AvgIpc) is 2.10. The van der Waals surface area contributed by atoms with E-state index >= 15 is 0 Å². The molecule has 5 heteroatoms. The molecule has 0 N–H and O–H groups in total. The number of thiophene rings is 1. The van der Waals surface area contributed by atoms with Crippen LogP contribution in [-0.2, 0) is 11.1 Å². The maximum Gasteiger partial charge on any atom is 1.00 e. The molecule has 11 heavy (non-hydrogen) atoms. The van der Waals surface area contributed by atoms with Gasteiger partial charge in [-0.05, 0) is 31.0 Å². The van der Waals surface area contributed by atoms with E-state index in [1.165, 1.54) is 11.3 Å². The first kappa shape index (κ1) is 11.8. The summed E-state index contributed by atoms with van der Waals surface area (Å²) in [5, 5.41) is 0. The minimum atomic E-state index is -2.06. The first-order valence-corrected chi connectivity index (χ1v) is 4.66. The van der Waals surface area contributed by atoms with Gasteiger partial charge in [-0.1, -0.05) is 0 Å². The van der Waals surface area contributed by atoms with Crippen molar-refractivity contribution in [3.05, 3.63) is 15.8 Å². The summed E-state index contributed by atoms with van der Waals surface area (Å²) in [5.74, 6) is 0. The van der Waals surface area contributed by atoms with Gasteiger partial charge in [0.15, 0.2) is 0 Å². The minimum Gasteiger partial charge on any atom is -0.768 e. The maximum absolute atomic E-state index is 10.4. The van der Waals surface area contributed by atoms with E-state index in [-0.39, 0.29) is 29.6 Å². The standard InChI is InChI=1S/C6H8O2S2.Na/c1-4-3-6(10(7)8)5(2)9-4;/h3H,1-2H3,(H,7,8);/q;+1/p-1. The summed E-state index contributed by atoms with van der Waals surface area (Å²) in [6.07, 6.45) is 0. The van der Waals surface area contributed by atoms with E-state index in [1.54, 1.807) is 6.07 Å². The molecule has 0 saturated carbocycles. The third-order valence-electron chi connectivity index (χ3n) is 1.17. The zero-order chi connectivity index (χ0) is 7.72. The molecule has 1 aromatic rings. The summed E-state index contributed by atoms with van der Waals surface area (Å²) >= 11 is -0.555. The van der Waals surface area contributed by atoms with E-state index in [9.17, 15) is 8.76 Å². The van der Waals surface area contributed by atoms with Gasteiger partial charge in [0.25, 0.3) is 0 Å². The van der Waals surface area contributed by atoms with Gasteiger partial charge < -0.3 is 4.55 Å². The van der Waals surface area contributed by atoms with Crippen molar-refractivity contribution in [2.75, 3.05) is 0 Å². The van der Waals surface area contributed by atoms with Gasteiger partial charge in [0.1, 0.15) is 0 Å². The van der Waals surface area contributed by atoms with Crippen molar-refractivity contribution < 1.29 is 38.3 Å². The summed E-state index contributed by atoms with van der Waals surface area (Å²) in [6.45, 7) is 3.71. The van der Waals surface area contributed by atoms with Crippen LogP contribution in [0.25, 0.3) is 0 Å². The van der Waals surface area contributed by atoms with E-state index in [4.69, 9.17) is 0 Å². The topological polar surface area (TPSA) is 40.1 Å². The Bertz CT molecular complexity index is 270. The van der Waals surface area contributed by atoms with E-state index in [0.717, 1.165) is 9.75 Å². The zero-order valence-electron chi connectivity index (χ0n) is 6.71. The summed E-state index contributed by atoms with van der Waals surface area (Å²) in [7, 11) is 0. The van der Waals surface area contributed by atoms with Crippen LogP contribution in [0.15, 0.2) is 11.0 Å². The Balaban J connectivity index is 0.000001000. The maximum atomic E-state index is 10.4. The largest absolute Gasteiger partial charge is 1.00 e. The molecule has 0 aliphatic rings. The van der Waals surface area contributed by atoms with Crippen molar-refractivity contribution in [1.29, 1.82) is 0 Å². The zero-order valence-corrected chi connectivity index (χ0v) is 10.3. The molecule has 56 valence electrons. The molecule has 0 aliphatic heterocycles. The van der Waals surface area contributed by atoms with Crippen molar-refractivity contribution in [2.45, 2.75) is 18.7 Å². The normalized spacial score (nSPS) is 12.3. The van der Waals surface area contributed by atoms with Gasteiger partial charge >= 0.3 is 29.6 Å². The Morgan fingerprint density at radius 1 is 1.55 bits per heavy atom. The van der Waals surface area contributed by atoms with Crippen LogP contribution in [0.4, 0.5) is 0 Å². The fourth-order valence-electron chi connectivity index (χ4n) is 0.773. The molecule has 0 aromatic carbocycles. The molecule has 0 amide bonds. The fourth-order valence-corrected chi connectivity index (χ4v) is 2.50. The molecular formula is C6H7NaO2S2. The molecular weight excluding hydrogens is 191 g/mol. The van der Waals surface area contributed by atoms with E-state index in [2.05, 4.69) is 0 Å². The summed E-state index contributed by atoms with van der Waals surface area (Å²) in [6, 6.07) is 1.68. The first-order chi connectivity index (χ1) is 4.61. The van der Waals surface area contributed by atoms with Crippen LogP contribution in [0.2, 0.25) is 0 Å². The van der Waals surface area contributed by atoms with Gasteiger partial charge in [-0.15, -0.1) is 11.3 Å². The average molecular weight is 198 g/mol. The Kier molecular flexibility index (Phi) is 5.09. The van der Waals surface area contributed by atoms with E-state index in [1.807, 2.05) is 13.8 Å². The summed E-state index contributed by atoms with van der Waals surface area (Å²) in [4.78, 5) is 2.34. The number of hydrogen-bond acceptors (Lipinski definition) is 3. The third-order valence-corrected chi connectivity index (χ3v) is 3.05. The molecule has 0 fully saturated rings. The molecule has 0 saturated heterocycles. The van der Waals surface area contributed by atoms with Crippen molar-refractivity contribution in [3.8, 4) is 0 Å². The predicted molar refractivity (Wildman–Crippen MR) is 41.0 cm³/mol. The second-order valence-corrected chi connectivity index (χ2v) is 4.38. The van der Waals surface area contributed by atoms with Gasteiger partial charge in [-0.25, -0.2) is 0 Å². The van der Waals surface area contributed by atoms with Crippen molar-refractivity contribution in [2.24, 2.45) is 0 Å². The SMILES string of the molecule is Cc1cc(S(=O)[O-])c(C)s1.[Na+]. The van der Waals surface area contributed by atoms with Crippen LogP contribution in [0.3, 0.4) is 0 Å². The molecule has 0 bridgehead atoms. The van der Waals surface area contributed by atoms with Crippen LogP contribution in [0, 0.1) is 13.8 Å². The van der Waals surface area contributed by atoms with Crippen LogP contribution in [0.1, 0.15) is 9.75 Å². The first-order valence-electron chi connectivity index (χ1n) is 2.77. The van der Waals surface area contributed by atoms with Crippen molar-refractivity contribution in [1.82, 2.24) is 0 Å². The van der Waals surface area contributed by atoms with Crippen molar-refractivity contribution >= 4 is 22.4 Å². The molecule has 0 radical (unpaired) electrons. The summed E-state index contributed by atoms with van der Waals surface area (Å²) in [5.41, 5.74) is 0. The molecule has 0 spiro atoms. The second-order valence-electron chi connectivity index (χ2n) is 2.01. The van der Waals surface area contributed by atoms with Gasteiger partial charge in [0.05, 0.1) is 0 Å². The smallest absolute Gasteiger partial charge is 0.768 e. The number of aryl methyl sites for hydroxylation is 2. The molecule has 1 rings (SSSR count). The Labute approximate surface area is 94.6 Å². The Hall–Kier alpha value is 0.810. The molecule has 1 atom stereocenters. The quantitative estimate of drug-likeness (QED) is 0.411. The van der Waals surface area contributed by atoms with E-state index in [0.29, 0.717) is 4.90 Å². The van der Waals surface area contributed by atoms with Gasteiger partial charge in [-0.2, -0.15) is 0 Å². The van der Waals surface area contributed by atoms with Gasteiger partial charge in [-0.3, -0.25) is 4.21 Å². The van der Waals surface area contributed by atoms with Crippen LogP contribution < -0.4 is 29.6 Å². The molecule has 1 heterocycles. The summed E-state index contributed by atoms with van der Waals surface area (Å²) < 4.78 is 20.9. The second kappa shape index (κ2) is 4.74. The van der Waals surface area contributed by atoms with Crippen LogP contribution in [0.5, 0.6) is 0 Å². The van der Waals surface area contributed by atoms with Gasteiger partial charge in [0, 0.05) is 14.6 Å². The molecule has 0 aliphatic carbocycles. The predicted octanol–water partition coefficient (Wildman–Crippen LogP) is -1.39. The molecule has 2 nitrogen and oxygen atoms in total. The molecule has 1 unspecified atom stereocenters. The third kappa shape index (κ3) is 2.97. The fraction of sp³-hybridized carbons (Fsp3) is 0.333.